The van der Waals surface area contributed by atoms with Crippen LogP contribution in [0, 0.1) is 0 Å². The molecule has 0 aromatic heterocycles. The number of piperidine rings is 1. The molecule has 0 aliphatic carbocycles. The average molecular weight is 317 g/mol. The first-order valence-corrected chi connectivity index (χ1v) is 9.64. The van der Waals surface area contributed by atoms with Crippen molar-refractivity contribution in [1.82, 2.24) is 13.5 Å². The minimum Gasteiger partial charge on any atom is -0.379 e. The zero-order valence-corrected chi connectivity index (χ0v) is 13.6. The minimum atomic E-state index is -3.30. The molecule has 122 valence electrons. The van der Waals surface area contributed by atoms with Gasteiger partial charge in [0, 0.05) is 32.2 Å². The molecule has 0 radical (unpaired) electrons. The molecule has 0 aromatic rings. The molecule has 7 heteroatoms. The van der Waals surface area contributed by atoms with Crippen molar-refractivity contribution in [2.45, 2.75) is 38.1 Å². The molecule has 3 rings (SSSR count). The molecule has 1 atom stereocenters. The van der Waals surface area contributed by atoms with Crippen molar-refractivity contribution in [2.24, 2.45) is 0 Å². The predicted octanol–water partition coefficient (Wildman–Crippen LogP) is 0.514. The number of hydrogen-bond acceptors (Lipinski definition) is 4. The van der Waals surface area contributed by atoms with E-state index < -0.39 is 10.2 Å². The lowest BCUT2D eigenvalue weighted by Gasteiger charge is -2.35. The Labute approximate surface area is 128 Å². The minimum absolute atomic E-state index is 0.163. The fourth-order valence-electron chi connectivity index (χ4n) is 3.66. The van der Waals surface area contributed by atoms with E-state index in [1.54, 1.807) is 8.61 Å². The van der Waals surface area contributed by atoms with Gasteiger partial charge in [0.15, 0.2) is 0 Å². The number of morpholine rings is 1. The van der Waals surface area contributed by atoms with E-state index in [9.17, 15) is 8.42 Å². The summed E-state index contributed by atoms with van der Waals surface area (Å²) in [7, 11) is -3.30. The smallest absolute Gasteiger partial charge is 0.282 e. The van der Waals surface area contributed by atoms with E-state index in [1.165, 1.54) is 19.3 Å². The molecule has 0 saturated carbocycles. The van der Waals surface area contributed by atoms with Gasteiger partial charge < -0.3 is 9.64 Å². The van der Waals surface area contributed by atoms with E-state index in [0.29, 0.717) is 32.8 Å². The standard InChI is InChI=1S/C14H27N3O3S/c18-21(19,16-9-11-20-12-10-16)17-8-4-5-14(17)13-15-6-2-1-3-7-15/h14H,1-13H2/t14-/m0/s1. The van der Waals surface area contributed by atoms with Gasteiger partial charge >= 0.3 is 0 Å². The highest BCUT2D eigenvalue weighted by Gasteiger charge is 2.39. The van der Waals surface area contributed by atoms with Crippen LogP contribution in [0.25, 0.3) is 0 Å². The number of nitrogens with zero attached hydrogens (tertiary/aromatic N) is 3. The summed E-state index contributed by atoms with van der Waals surface area (Å²) in [6.07, 6.45) is 5.81. The lowest BCUT2D eigenvalue weighted by Crippen LogP contribution is -2.52. The zero-order valence-electron chi connectivity index (χ0n) is 12.7. The third kappa shape index (κ3) is 3.59. The molecule has 0 aromatic carbocycles. The van der Waals surface area contributed by atoms with Crippen LogP contribution in [0.15, 0.2) is 0 Å². The molecule has 3 saturated heterocycles. The van der Waals surface area contributed by atoms with Crippen LogP contribution in [0.2, 0.25) is 0 Å². The van der Waals surface area contributed by atoms with Crippen LogP contribution in [-0.2, 0) is 14.9 Å². The number of rotatable bonds is 4. The quantitative estimate of drug-likeness (QED) is 0.758. The van der Waals surface area contributed by atoms with Gasteiger partial charge in [-0.3, -0.25) is 0 Å². The van der Waals surface area contributed by atoms with Gasteiger partial charge in [-0.2, -0.15) is 17.0 Å². The molecule has 0 spiro atoms. The monoisotopic (exact) mass is 317 g/mol. The SMILES string of the molecule is O=S(=O)(N1CCOCC1)N1CCC[C@H]1CN1CCCCC1. The summed E-state index contributed by atoms with van der Waals surface area (Å²) >= 11 is 0. The normalized spacial score (nSPS) is 30.8. The molecular weight excluding hydrogens is 290 g/mol. The van der Waals surface area contributed by atoms with Crippen LogP contribution < -0.4 is 0 Å². The zero-order chi connectivity index (χ0) is 14.7. The Balaban J connectivity index is 1.64. The average Bonchev–Trinajstić information content (AvgIpc) is 2.98. The summed E-state index contributed by atoms with van der Waals surface area (Å²) in [5.41, 5.74) is 0. The Morgan fingerprint density at radius 2 is 1.62 bits per heavy atom. The van der Waals surface area contributed by atoms with Crippen molar-refractivity contribution < 1.29 is 13.2 Å². The van der Waals surface area contributed by atoms with Gasteiger partial charge in [0.25, 0.3) is 10.2 Å². The van der Waals surface area contributed by atoms with Gasteiger partial charge in [-0.1, -0.05) is 6.42 Å². The van der Waals surface area contributed by atoms with Crippen LogP contribution in [0.3, 0.4) is 0 Å². The van der Waals surface area contributed by atoms with E-state index in [-0.39, 0.29) is 6.04 Å². The first kappa shape index (κ1) is 15.7. The van der Waals surface area contributed by atoms with Crippen molar-refractivity contribution in [2.75, 3.05) is 52.5 Å². The molecule has 3 aliphatic heterocycles. The maximum absolute atomic E-state index is 12.8. The fourth-order valence-corrected chi connectivity index (χ4v) is 5.48. The molecule has 21 heavy (non-hydrogen) atoms. The molecular formula is C14H27N3O3S. The van der Waals surface area contributed by atoms with E-state index in [0.717, 1.165) is 32.5 Å². The van der Waals surface area contributed by atoms with Crippen molar-refractivity contribution in [3.63, 3.8) is 0 Å². The Morgan fingerprint density at radius 3 is 2.33 bits per heavy atom. The third-order valence-electron chi connectivity index (χ3n) is 4.83. The molecule has 0 N–H and O–H groups in total. The molecule has 6 nitrogen and oxygen atoms in total. The Kier molecular flexibility index (Phi) is 5.16. The van der Waals surface area contributed by atoms with Gasteiger partial charge in [0.05, 0.1) is 13.2 Å². The maximum atomic E-state index is 12.8. The highest BCUT2D eigenvalue weighted by atomic mass is 32.2. The summed E-state index contributed by atoms with van der Waals surface area (Å²) in [5.74, 6) is 0. The Bertz CT molecular complexity index is 431. The topological polar surface area (TPSA) is 53.1 Å². The first-order chi connectivity index (χ1) is 10.2. The Morgan fingerprint density at radius 1 is 0.905 bits per heavy atom. The predicted molar refractivity (Wildman–Crippen MR) is 81.3 cm³/mol. The van der Waals surface area contributed by atoms with Gasteiger partial charge in [0.2, 0.25) is 0 Å². The first-order valence-electron chi connectivity index (χ1n) is 8.25. The number of hydrogen-bond donors (Lipinski definition) is 0. The van der Waals surface area contributed by atoms with Crippen molar-refractivity contribution in [1.29, 1.82) is 0 Å². The lowest BCUT2D eigenvalue weighted by atomic mass is 10.1. The summed E-state index contributed by atoms with van der Waals surface area (Å²) in [6, 6.07) is 0.163. The highest BCUT2D eigenvalue weighted by Crippen LogP contribution is 2.25. The van der Waals surface area contributed by atoms with E-state index >= 15 is 0 Å². The molecule has 3 fully saturated rings. The van der Waals surface area contributed by atoms with Crippen LogP contribution >= 0.6 is 0 Å². The summed E-state index contributed by atoms with van der Waals surface area (Å²) in [4.78, 5) is 2.45. The van der Waals surface area contributed by atoms with Crippen LogP contribution in [0.1, 0.15) is 32.1 Å². The summed E-state index contributed by atoms with van der Waals surface area (Å²) < 4.78 is 34.3. The second-order valence-corrected chi connectivity index (χ2v) is 8.17. The van der Waals surface area contributed by atoms with E-state index in [1.807, 2.05) is 0 Å². The number of likely N-dealkylation sites (tertiary alicyclic amines) is 1. The van der Waals surface area contributed by atoms with Crippen LogP contribution in [0.4, 0.5) is 0 Å². The Hall–Kier alpha value is -0.210. The van der Waals surface area contributed by atoms with Crippen LogP contribution in [-0.4, -0.2) is 80.5 Å². The molecule has 3 aliphatic rings. The molecule has 0 amide bonds. The largest absolute Gasteiger partial charge is 0.379 e. The van der Waals surface area contributed by atoms with Gasteiger partial charge in [-0.15, -0.1) is 0 Å². The van der Waals surface area contributed by atoms with Crippen molar-refractivity contribution in [3.8, 4) is 0 Å². The van der Waals surface area contributed by atoms with Gasteiger partial charge in [-0.25, -0.2) is 0 Å². The molecule has 0 unspecified atom stereocenters. The van der Waals surface area contributed by atoms with E-state index in [2.05, 4.69) is 4.90 Å². The summed E-state index contributed by atoms with van der Waals surface area (Å²) in [5, 5.41) is 0. The second kappa shape index (κ2) is 6.91. The van der Waals surface area contributed by atoms with E-state index in [4.69, 9.17) is 4.74 Å². The second-order valence-electron chi connectivity index (χ2n) is 6.29. The van der Waals surface area contributed by atoms with Crippen molar-refractivity contribution in [3.05, 3.63) is 0 Å². The summed E-state index contributed by atoms with van der Waals surface area (Å²) in [6.45, 7) is 5.86. The third-order valence-corrected chi connectivity index (χ3v) is 6.92. The van der Waals surface area contributed by atoms with Gasteiger partial charge in [0.1, 0.15) is 0 Å². The highest BCUT2D eigenvalue weighted by molar-refractivity contribution is 7.86. The molecule has 3 heterocycles. The van der Waals surface area contributed by atoms with Crippen LogP contribution in [0.5, 0.6) is 0 Å². The maximum Gasteiger partial charge on any atom is 0.282 e. The fraction of sp³-hybridized carbons (Fsp3) is 1.00. The van der Waals surface area contributed by atoms with Crippen molar-refractivity contribution >= 4 is 10.2 Å². The number of ether oxygens (including phenoxy) is 1. The van der Waals surface area contributed by atoms with Gasteiger partial charge in [-0.05, 0) is 38.8 Å². The molecule has 0 bridgehead atoms. The lowest BCUT2D eigenvalue weighted by molar-refractivity contribution is 0.0693.